The molecular formula is C56H45N. The second-order valence-electron chi connectivity index (χ2n) is 16.8. The van der Waals surface area contributed by atoms with Gasteiger partial charge in [-0.05, 0) is 127 Å². The molecular weight excluding hydrogens is 687 g/mol. The van der Waals surface area contributed by atoms with Crippen molar-refractivity contribution < 1.29 is 0 Å². The number of benzene rings is 9. The number of aromatic nitrogens is 1. The highest BCUT2D eigenvalue weighted by atomic mass is 15.0. The smallest absolute Gasteiger partial charge is 0.0541 e. The minimum absolute atomic E-state index is 0.0632. The van der Waals surface area contributed by atoms with Crippen LogP contribution in [0.1, 0.15) is 37.5 Å². The van der Waals surface area contributed by atoms with Crippen molar-refractivity contribution in [2.24, 2.45) is 0 Å². The lowest BCUT2D eigenvalue weighted by Gasteiger charge is -2.19. The van der Waals surface area contributed by atoms with E-state index >= 15 is 0 Å². The molecule has 274 valence electrons. The summed E-state index contributed by atoms with van der Waals surface area (Å²) in [6.45, 7) is 11.3. The molecule has 0 bridgehead atoms. The molecule has 57 heavy (non-hydrogen) atoms. The van der Waals surface area contributed by atoms with Gasteiger partial charge in [0.15, 0.2) is 0 Å². The van der Waals surface area contributed by atoms with Crippen LogP contribution in [0, 0.1) is 13.8 Å². The Kier molecular flexibility index (Phi) is 8.23. The molecule has 0 radical (unpaired) electrons. The highest BCUT2D eigenvalue weighted by Gasteiger charge is 2.20. The van der Waals surface area contributed by atoms with Crippen LogP contribution in [0.4, 0.5) is 0 Å². The largest absolute Gasteiger partial charge is 0.309 e. The highest BCUT2D eigenvalue weighted by Crippen LogP contribution is 2.45. The SMILES string of the molecule is Cc1ccc2c(-c3ccc(-c4ccc(-c5ccc6c(c5)c5cc(C(C)(C)C)ccc5n6-c5ccccc5)cc4)cc3)c3cc(C)ccc3c(-c3ccccc3)c2c1. The molecule has 1 heteroatoms. The van der Waals surface area contributed by atoms with Crippen LogP contribution in [0.3, 0.4) is 0 Å². The van der Waals surface area contributed by atoms with E-state index in [0.717, 1.165) is 0 Å². The maximum atomic E-state index is 2.40. The normalized spacial score (nSPS) is 11.9. The first-order valence-electron chi connectivity index (χ1n) is 20.1. The second-order valence-corrected chi connectivity index (χ2v) is 16.8. The average molecular weight is 732 g/mol. The quantitative estimate of drug-likeness (QED) is 0.155. The lowest BCUT2D eigenvalue weighted by Crippen LogP contribution is -2.10. The van der Waals surface area contributed by atoms with Crippen LogP contribution in [-0.4, -0.2) is 4.57 Å². The molecule has 0 amide bonds. The zero-order chi connectivity index (χ0) is 38.8. The molecule has 0 saturated carbocycles. The number of rotatable bonds is 5. The van der Waals surface area contributed by atoms with Gasteiger partial charge < -0.3 is 4.57 Å². The summed E-state index contributed by atoms with van der Waals surface area (Å²) in [4.78, 5) is 0. The van der Waals surface area contributed by atoms with Crippen LogP contribution in [0.2, 0.25) is 0 Å². The summed E-state index contributed by atoms with van der Waals surface area (Å²) < 4.78 is 2.40. The number of fused-ring (bicyclic) bond motifs is 5. The monoisotopic (exact) mass is 731 g/mol. The van der Waals surface area contributed by atoms with Gasteiger partial charge in [-0.2, -0.15) is 0 Å². The van der Waals surface area contributed by atoms with E-state index in [1.54, 1.807) is 0 Å². The molecule has 10 rings (SSSR count). The number of aryl methyl sites for hydroxylation is 2. The van der Waals surface area contributed by atoms with Gasteiger partial charge in [0.05, 0.1) is 11.0 Å². The molecule has 1 aromatic heterocycles. The van der Waals surface area contributed by atoms with Gasteiger partial charge in [-0.25, -0.2) is 0 Å². The first kappa shape index (κ1) is 34.8. The minimum atomic E-state index is 0.0632. The molecule has 0 unspecified atom stereocenters. The molecule has 0 aliphatic heterocycles. The third kappa shape index (κ3) is 6.03. The third-order valence-electron chi connectivity index (χ3n) is 11.9. The van der Waals surface area contributed by atoms with E-state index in [2.05, 4.69) is 221 Å². The molecule has 0 saturated heterocycles. The topological polar surface area (TPSA) is 4.93 Å². The first-order valence-corrected chi connectivity index (χ1v) is 20.1. The number of hydrogen-bond acceptors (Lipinski definition) is 0. The molecule has 0 spiro atoms. The summed E-state index contributed by atoms with van der Waals surface area (Å²) in [5.41, 5.74) is 17.5. The van der Waals surface area contributed by atoms with E-state index in [-0.39, 0.29) is 5.41 Å². The Hall–Kier alpha value is -6.70. The zero-order valence-electron chi connectivity index (χ0n) is 33.3. The van der Waals surface area contributed by atoms with Crippen LogP contribution in [0.25, 0.3) is 93.5 Å². The van der Waals surface area contributed by atoms with Crippen LogP contribution < -0.4 is 0 Å². The lowest BCUT2D eigenvalue weighted by molar-refractivity contribution is 0.591. The highest BCUT2D eigenvalue weighted by molar-refractivity contribution is 6.21. The Morgan fingerprint density at radius 2 is 0.772 bits per heavy atom. The Balaban J connectivity index is 1.04. The molecule has 10 aromatic rings. The predicted molar refractivity (Wildman–Crippen MR) is 246 cm³/mol. The van der Waals surface area contributed by atoms with Crippen molar-refractivity contribution in [1.29, 1.82) is 0 Å². The summed E-state index contributed by atoms with van der Waals surface area (Å²) in [7, 11) is 0. The zero-order valence-corrected chi connectivity index (χ0v) is 33.3. The summed E-state index contributed by atoms with van der Waals surface area (Å²) in [5, 5.41) is 7.73. The van der Waals surface area contributed by atoms with Gasteiger partial charge >= 0.3 is 0 Å². The molecule has 0 aliphatic rings. The Morgan fingerprint density at radius 1 is 0.333 bits per heavy atom. The fourth-order valence-corrected chi connectivity index (χ4v) is 8.89. The van der Waals surface area contributed by atoms with Crippen molar-refractivity contribution in [3.05, 3.63) is 199 Å². The molecule has 0 fully saturated rings. The third-order valence-corrected chi connectivity index (χ3v) is 11.9. The number of nitrogens with zero attached hydrogens (tertiary/aromatic N) is 1. The summed E-state index contributed by atoms with van der Waals surface area (Å²) in [5.74, 6) is 0. The van der Waals surface area contributed by atoms with E-state index in [4.69, 9.17) is 0 Å². The molecule has 0 atom stereocenters. The van der Waals surface area contributed by atoms with Gasteiger partial charge in [0.1, 0.15) is 0 Å². The van der Waals surface area contributed by atoms with Crippen molar-refractivity contribution in [2.45, 2.75) is 40.0 Å². The Bertz CT molecular complexity index is 3120. The van der Waals surface area contributed by atoms with E-state index in [1.165, 1.54) is 110 Å². The maximum Gasteiger partial charge on any atom is 0.0541 e. The van der Waals surface area contributed by atoms with E-state index in [0.29, 0.717) is 0 Å². The number of hydrogen-bond donors (Lipinski definition) is 0. The Morgan fingerprint density at radius 3 is 1.32 bits per heavy atom. The average Bonchev–Trinajstić information content (AvgIpc) is 3.56. The fourth-order valence-electron chi connectivity index (χ4n) is 8.89. The van der Waals surface area contributed by atoms with Crippen molar-refractivity contribution in [3.63, 3.8) is 0 Å². The predicted octanol–water partition coefficient (Wildman–Crippen LogP) is 15.7. The van der Waals surface area contributed by atoms with Gasteiger partial charge in [0.25, 0.3) is 0 Å². The van der Waals surface area contributed by atoms with Crippen LogP contribution in [0.5, 0.6) is 0 Å². The summed E-state index contributed by atoms with van der Waals surface area (Å²) >= 11 is 0. The van der Waals surface area contributed by atoms with Crippen molar-refractivity contribution in [1.82, 2.24) is 4.57 Å². The molecule has 9 aromatic carbocycles. The van der Waals surface area contributed by atoms with Crippen LogP contribution in [-0.2, 0) is 5.41 Å². The van der Waals surface area contributed by atoms with Gasteiger partial charge in [0.2, 0.25) is 0 Å². The summed E-state index contributed by atoms with van der Waals surface area (Å²) in [6, 6.07) is 67.7. The first-order chi connectivity index (χ1) is 27.7. The molecule has 1 nitrogen and oxygen atoms in total. The fraction of sp³-hybridized carbons (Fsp3) is 0.107. The number of para-hydroxylation sites is 1. The van der Waals surface area contributed by atoms with E-state index in [9.17, 15) is 0 Å². The minimum Gasteiger partial charge on any atom is -0.309 e. The van der Waals surface area contributed by atoms with E-state index < -0.39 is 0 Å². The maximum absolute atomic E-state index is 2.40. The van der Waals surface area contributed by atoms with Gasteiger partial charge in [-0.3, -0.25) is 0 Å². The summed E-state index contributed by atoms with van der Waals surface area (Å²) in [6.07, 6.45) is 0. The van der Waals surface area contributed by atoms with Crippen molar-refractivity contribution >= 4 is 43.4 Å². The van der Waals surface area contributed by atoms with Crippen molar-refractivity contribution in [2.75, 3.05) is 0 Å². The van der Waals surface area contributed by atoms with Crippen LogP contribution in [0.15, 0.2) is 182 Å². The standard InChI is InChI=1S/C56H45N/c1-36-17-29-47-50(32-36)54(41-12-8-6-9-13-41)46-28-16-37(2)33-51(46)55(47)42-24-22-39(23-25-42)38-18-20-40(21-19-38)43-26-30-52-48(34-43)49-35-44(56(3,4)5)27-31-53(49)57(52)45-14-10-7-11-15-45/h6-35H,1-5H3. The van der Waals surface area contributed by atoms with Crippen molar-refractivity contribution in [3.8, 4) is 50.2 Å². The Labute approximate surface area is 335 Å². The van der Waals surface area contributed by atoms with Gasteiger partial charge in [-0.15, -0.1) is 0 Å². The van der Waals surface area contributed by atoms with E-state index in [1.807, 2.05) is 0 Å². The lowest BCUT2D eigenvalue weighted by atomic mass is 9.84. The molecule has 0 aliphatic carbocycles. The van der Waals surface area contributed by atoms with Gasteiger partial charge in [0, 0.05) is 16.5 Å². The van der Waals surface area contributed by atoms with Gasteiger partial charge in [-0.1, -0.05) is 177 Å². The molecule has 0 N–H and O–H groups in total. The van der Waals surface area contributed by atoms with Crippen LogP contribution >= 0.6 is 0 Å². The second kappa shape index (κ2) is 13.5. The molecule has 1 heterocycles.